The normalized spacial score (nSPS) is 26.8. The molecule has 0 aliphatic carbocycles. The fraction of sp³-hybridized carbons (Fsp3) is 0.944. The number of rotatable bonds is 2. The van der Waals surface area contributed by atoms with Crippen LogP contribution in [-0.2, 0) is 4.74 Å². The molecule has 2 fully saturated rings. The van der Waals surface area contributed by atoms with Crippen LogP contribution >= 0.6 is 0 Å². The second-order valence-corrected chi connectivity index (χ2v) is 8.89. The third-order valence-corrected chi connectivity index (χ3v) is 4.89. The molecule has 22 heavy (non-hydrogen) atoms. The summed E-state index contributed by atoms with van der Waals surface area (Å²) < 4.78 is 5.66. The molecule has 1 unspecified atom stereocenters. The van der Waals surface area contributed by atoms with Gasteiger partial charge in [0.1, 0.15) is 5.60 Å². The zero-order chi connectivity index (χ0) is 16.4. The molecule has 0 spiro atoms. The zero-order valence-electron chi connectivity index (χ0n) is 15.1. The van der Waals surface area contributed by atoms with E-state index in [1.165, 1.54) is 19.3 Å². The van der Waals surface area contributed by atoms with Crippen molar-refractivity contribution in [3.8, 4) is 0 Å². The van der Waals surface area contributed by atoms with Gasteiger partial charge in [-0.05, 0) is 77.3 Å². The SMILES string of the molecule is CC1(C)CCC(CC2CCNCC2)N(C(=O)OC(C)(C)C)C1. The summed E-state index contributed by atoms with van der Waals surface area (Å²) in [6, 6.07) is 0.353. The van der Waals surface area contributed by atoms with E-state index in [4.69, 9.17) is 4.74 Å². The maximum absolute atomic E-state index is 12.6. The second-order valence-electron chi connectivity index (χ2n) is 8.89. The standard InChI is InChI=1S/C18H34N2O2/c1-17(2,3)22-16(21)20-13-18(4,5)9-6-15(20)12-14-7-10-19-11-8-14/h14-15,19H,6-13H2,1-5H3. The lowest BCUT2D eigenvalue weighted by Gasteiger charge is -2.45. The highest BCUT2D eigenvalue weighted by molar-refractivity contribution is 5.68. The number of ether oxygens (including phenoxy) is 1. The average molecular weight is 310 g/mol. The molecule has 0 aromatic carbocycles. The topological polar surface area (TPSA) is 41.6 Å². The van der Waals surface area contributed by atoms with E-state index in [9.17, 15) is 4.79 Å². The Balaban J connectivity index is 2.03. The summed E-state index contributed by atoms with van der Waals surface area (Å²) in [5.41, 5.74) is -0.223. The number of amides is 1. The summed E-state index contributed by atoms with van der Waals surface area (Å²) in [6.07, 6.45) is 5.79. The Morgan fingerprint density at radius 3 is 2.45 bits per heavy atom. The van der Waals surface area contributed by atoms with Gasteiger partial charge in [0.05, 0.1) is 0 Å². The van der Waals surface area contributed by atoms with E-state index in [1.54, 1.807) is 0 Å². The minimum Gasteiger partial charge on any atom is -0.444 e. The molecule has 1 atom stereocenters. The van der Waals surface area contributed by atoms with Crippen molar-refractivity contribution < 1.29 is 9.53 Å². The van der Waals surface area contributed by atoms with Gasteiger partial charge in [0.25, 0.3) is 0 Å². The third-order valence-electron chi connectivity index (χ3n) is 4.89. The van der Waals surface area contributed by atoms with Gasteiger partial charge in [-0.15, -0.1) is 0 Å². The number of hydrogen-bond donors (Lipinski definition) is 1. The van der Waals surface area contributed by atoms with Crippen molar-refractivity contribution in [1.29, 1.82) is 0 Å². The van der Waals surface area contributed by atoms with Crippen molar-refractivity contribution in [3.05, 3.63) is 0 Å². The van der Waals surface area contributed by atoms with Crippen LogP contribution in [-0.4, -0.2) is 42.3 Å². The van der Waals surface area contributed by atoms with Crippen molar-refractivity contribution in [2.24, 2.45) is 11.3 Å². The van der Waals surface area contributed by atoms with E-state index in [0.717, 1.165) is 38.4 Å². The van der Waals surface area contributed by atoms with Gasteiger partial charge in [-0.3, -0.25) is 0 Å². The molecule has 0 saturated carbocycles. The number of piperidine rings is 2. The number of carbonyl (C=O) groups excluding carboxylic acids is 1. The van der Waals surface area contributed by atoms with Crippen LogP contribution in [0.2, 0.25) is 0 Å². The minimum absolute atomic E-state index is 0.126. The van der Waals surface area contributed by atoms with E-state index in [2.05, 4.69) is 19.2 Å². The van der Waals surface area contributed by atoms with E-state index < -0.39 is 5.60 Å². The maximum atomic E-state index is 12.6. The molecule has 0 bridgehead atoms. The summed E-state index contributed by atoms with van der Waals surface area (Å²) >= 11 is 0. The van der Waals surface area contributed by atoms with Crippen LogP contribution in [0.3, 0.4) is 0 Å². The van der Waals surface area contributed by atoms with Crippen LogP contribution in [0, 0.1) is 11.3 Å². The summed E-state index contributed by atoms with van der Waals surface area (Å²) in [5, 5.41) is 3.42. The molecule has 2 rings (SSSR count). The van der Waals surface area contributed by atoms with Crippen LogP contribution in [0.5, 0.6) is 0 Å². The Morgan fingerprint density at radius 2 is 1.86 bits per heavy atom. The molecule has 128 valence electrons. The first-order chi connectivity index (χ1) is 10.2. The Morgan fingerprint density at radius 1 is 1.23 bits per heavy atom. The molecule has 1 amide bonds. The van der Waals surface area contributed by atoms with Gasteiger partial charge >= 0.3 is 6.09 Å². The Hall–Kier alpha value is -0.770. The van der Waals surface area contributed by atoms with E-state index >= 15 is 0 Å². The number of hydrogen-bond acceptors (Lipinski definition) is 3. The molecule has 0 aromatic rings. The van der Waals surface area contributed by atoms with Crippen molar-refractivity contribution in [3.63, 3.8) is 0 Å². The Labute approximate surface area is 136 Å². The van der Waals surface area contributed by atoms with Crippen LogP contribution in [0.4, 0.5) is 4.79 Å². The summed E-state index contributed by atoms with van der Waals surface area (Å²) in [4.78, 5) is 14.7. The largest absolute Gasteiger partial charge is 0.444 e. The Bertz CT molecular complexity index is 381. The van der Waals surface area contributed by atoms with E-state index in [-0.39, 0.29) is 11.5 Å². The average Bonchev–Trinajstić information content (AvgIpc) is 2.40. The fourth-order valence-electron chi connectivity index (χ4n) is 3.66. The van der Waals surface area contributed by atoms with Gasteiger partial charge < -0.3 is 15.0 Å². The van der Waals surface area contributed by atoms with Crippen molar-refractivity contribution >= 4 is 6.09 Å². The highest BCUT2D eigenvalue weighted by atomic mass is 16.6. The van der Waals surface area contributed by atoms with Gasteiger partial charge in [0.2, 0.25) is 0 Å². The monoisotopic (exact) mass is 310 g/mol. The van der Waals surface area contributed by atoms with Gasteiger partial charge in [-0.1, -0.05) is 13.8 Å². The highest BCUT2D eigenvalue weighted by Crippen LogP contribution is 2.36. The molecule has 4 nitrogen and oxygen atoms in total. The molecule has 0 aromatic heterocycles. The molecule has 1 N–H and O–H groups in total. The van der Waals surface area contributed by atoms with Crippen molar-refractivity contribution in [1.82, 2.24) is 10.2 Å². The van der Waals surface area contributed by atoms with Gasteiger partial charge in [0, 0.05) is 12.6 Å². The van der Waals surface area contributed by atoms with Gasteiger partial charge in [0.15, 0.2) is 0 Å². The number of nitrogens with zero attached hydrogens (tertiary/aromatic N) is 1. The zero-order valence-corrected chi connectivity index (χ0v) is 15.1. The maximum Gasteiger partial charge on any atom is 0.410 e. The molecule has 2 aliphatic rings. The molecule has 2 saturated heterocycles. The molecular weight excluding hydrogens is 276 g/mol. The quantitative estimate of drug-likeness (QED) is 0.843. The van der Waals surface area contributed by atoms with Crippen LogP contribution in [0.1, 0.15) is 66.7 Å². The lowest BCUT2D eigenvalue weighted by atomic mass is 9.78. The smallest absolute Gasteiger partial charge is 0.410 e. The number of likely N-dealkylation sites (tertiary alicyclic amines) is 1. The van der Waals surface area contributed by atoms with E-state index in [0.29, 0.717) is 6.04 Å². The van der Waals surface area contributed by atoms with Crippen molar-refractivity contribution in [2.45, 2.75) is 78.4 Å². The Kier molecular flexibility index (Phi) is 5.41. The molecular formula is C18H34N2O2. The fourth-order valence-corrected chi connectivity index (χ4v) is 3.66. The van der Waals surface area contributed by atoms with Crippen molar-refractivity contribution in [2.75, 3.05) is 19.6 Å². The number of carbonyl (C=O) groups is 1. The van der Waals surface area contributed by atoms with Crippen LogP contribution < -0.4 is 5.32 Å². The molecule has 0 radical (unpaired) electrons. The van der Waals surface area contributed by atoms with Gasteiger partial charge in [-0.2, -0.15) is 0 Å². The molecule has 2 heterocycles. The predicted octanol–water partition coefficient (Wildman–Crippen LogP) is 3.80. The third kappa shape index (κ3) is 5.15. The summed E-state index contributed by atoms with van der Waals surface area (Å²) in [5.74, 6) is 0.748. The first-order valence-corrected chi connectivity index (χ1v) is 8.87. The summed E-state index contributed by atoms with van der Waals surface area (Å²) in [7, 11) is 0. The molecule has 4 heteroatoms. The van der Waals surface area contributed by atoms with E-state index in [1.807, 2.05) is 25.7 Å². The predicted molar refractivity (Wildman–Crippen MR) is 90.0 cm³/mol. The summed E-state index contributed by atoms with van der Waals surface area (Å²) in [6.45, 7) is 13.4. The lowest BCUT2D eigenvalue weighted by molar-refractivity contribution is -0.0120. The lowest BCUT2D eigenvalue weighted by Crippen LogP contribution is -2.52. The number of nitrogens with one attached hydrogen (secondary N) is 1. The highest BCUT2D eigenvalue weighted by Gasteiger charge is 2.38. The first kappa shape index (κ1) is 17.6. The first-order valence-electron chi connectivity index (χ1n) is 8.87. The molecule has 2 aliphatic heterocycles. The van der Waals surface area contributed by atoms with Gasteiger partial charge in [-0.25, -0.2) is 4.79 Å². The van der Waals surface area contributed by atoms with Crippen LogP contribution in [0.15, 0.2) is 0 Å². The second kappa shape index (κ2) is 6.77. The minimum atomic E-state index is -0.419. The van der Waals surface area contributed by atoms with Crippen LogP contribution in [0.25, 0.3) is 0 Å².